The van der Waals surface area contributed by atoms with E-state index < -0.39 is 0 Å². The summed E-state index contributed by atoms with van der Waals surface area (Å²) in [5, 5.41) is 2.75. The average Bonchev–Trinajstić information content (AvgIpc) is 2.74. The minimum atomic E-state index is -0.121. The second-order valence-electron chi connectivity index (χ2n) is 4.61. The fourth-order valence-electron chi connectivity index (χ4n) is 2.03. The van der Waals surface area contributed by atoms with Crippen LogP contribution < -0.4 is 5.32 Å². The van der Waals surface area contributed by atoms with Gasteiger partial charge in [-0.15, -0.1) is 0 Å². The minimum Gasteiger partial charge on any atom is -0.356 e. The molecule has 0 bridgehead atoms. The van der Waals surface area contributed by atoms with Crippen molar-refractivity contribution in [1.82, 2.24) is 5.32 Å². The summed E-state index contributed by atoms with van der Waals surface area (Å²) in [5.74, 6) is 0.0832. The summed E-state index contributed by atoms with van der Waals surface area (Å²) < 4.78 is 1.05. The molecular weight excluding hydrogens is 260 g/mol. The number of nitrogens with one attached hydrogen (secondary N) is 1. The first-order valence-electron chi connectivity index (χ1n) is 6.71. The van der Waals surface area contributed by atoms with E-state index in [1.165, 1.54) is 0 Å². The molecule has 1 unspecified atom stereocenters. The Bertz CT molecular complexity index is 476. The van der Waals surface area contributed by atoms with E-state index in [0.717, 1.165) is 28.2 Å². The minimum absolute atomic E-state index is 0.0832. The van der Waals surface area contributed by atoms with E-state index in [-0.39, 0.29) is 11.3 Å². The van der Waals surface area contributed by atoms with Gasteiger partial charge in [-0.3, -0.25) is 4.79 Å². The van der Waals surface area contributed by atoms with Gasteiger partial charge in [-0.2, -0.15) is 0 Å². The molecule has 1 aliphatic rings. The molecule has 4 nitrogen and oxygen atoms in total. The molecule has 1 heterocycles. The van der Waals surface area contributed by atoms with Gasteiger partial charge in [-0.25, -0.2) is 0 Å². The first-order chi connectivity index (χ1) is 9.22. The zero-order chi connectivity index (χ0) is 13.7. The van der Waals surface area contributed by atoms with Gasteiger partial charge >= 0.3 is 0 Å². The molecule has 1 atom stereocenters. The molecule has 1 aromatic rings. The number of unbranched alkanes of at least 4 members (excludes halogenated alkanes) is 1. The first-order valence-corrected chi connectivity index (χ1v) is 7.59. The SMILES string of the molecule is CCCCC(=O)NCCC1Sc2ccccc2[N+]1=O. The molecule has 0 spiro atoms. The van der Waals surface area contributed by atoms with E-state index in [2.05, 4.69) is 12.2 Å². The van der Waals surface area contributed by atoms with Crippen molar-refractivity contribution in [3.8, 4) is 0 Å². The molecule has 0 saturated carbocycles. The van der Waals surface area contributed by atoms with E-state index in [0.29, 0.717) is 19.4 Å². The van der Waals surface area contributed by atoms with Gasteiger partial charge in [0.25, 0.3) is 11.1 Å². The number of para-hydroxylation sites is 1. The molecule has 1 amide bonds. The van der Waals surface area contributed by atoms with Crippen molar-refractivity contribution in [2.24, 2.45) is 0 Å². The third-order valence-electron chi connectivity index (χ3n) is 3.10. The summed E-state index contributed by atoms with van der Waals surface area (Å²) in [6.07, 6.45) is 3.19. The Balaban J connectivity index is 1.77. The number of hydrogen-bond donors (Lipinski definition) is 1. The molecule has 19 heavy (non-hydrogen) atoms. The van der Waals surface area contributed by atoms with Gasteiger partial charge in [0.15, 0.2) is 0 Å². The lowest BCUT2D eigenvalue weighted by Gasteiger charge is -2.04. The van der Waals surface area contributed by atoms with Crippen LogP contribution >= 0.6 is 11.8 Å². The number of amides is 1. The molecule has 0 saturated heterocycles. The molecule has 2 rings (SSSR count). The smallest absolute Gasteiger partial charge is 0.271 e. The van der Waals surface area contributed by atoms with Crippen LogP contribution in [-0.2, 0) is 4.79 Å². The molecule has 0 fully saturated rings. The van der Waals surface area contributed by atoms with Crippen molar-refractivity contribution >= 4 is 23.4 Å². The van der Waals surface area contributed by atoms with Crippen LogP contribution in [-0.4, -0.2) is 22.6 Å². The number of hydrogen-bond acceptors (Lipinski definition) is 3. The monoisotopic (exact) mass is 279 g/mol. The predicted molar refractivity (Wildman–Crippen MR) is 76.5 cm³/mol. The fraction of sp³-hybridized carbons (Fsp3) is 0.500. The van der Waals surface area contributed by atoms with Crippen molar-refractivity contribution < 1.29 is 9.55 Å². The second-order valence-corrected chi connectivity index (χ2v) is 5.83. The van der Waals surface area contributed by atoms with E-state index >= 15 is 0 Å². The van der Waals surface area contributed by atoms with Gasteiger partial charge in [0, 0.05) is 30.4 Å². The van der Waals surface area contributed by atoms with Crippen molar-refractivity contribution in [1.29, 1.82) is 0 Å². The lowest BCUT2D eigenvalue weighted by atomic mass is 10.2. The summed E-state index contributed by atoms with van der Waals surface area (Å²) in [5.41, 5.74) is 0.745. The van der Waals surface area contributed by atoms with Crippen LogP contribution in [0.25, 0.3) is 0 Å². The number of rotatable bonds is 6. The van der Waals surface area contributed by atoms with Crippen LogP contribution in [0.3, 0.4) is 0 Å². The van der Waals surface area contributed by atoms with Gasteiger partial charge in [-0.05, 0) is 24.2 Å². The zero-order valence-electron chi connectivity index (χ0n) is 11.1. The zero-order valence-corrected chi connectivity index (χ0v) is 11.9. The summed E-state index contributed by atoms with van der Waals surface area (Å²) in [4.78, 5) is 24.5. The van der Waals surface area contributed by atoms with Gasteiger partial charge in [0.1, 0.15) is 0 Å². The Morgan fingerprint density at radius 1 is 1.42 bits per heavy atom. The number of benzene rings is 1. The largest absolute Gasteiger partial charge is 0.356 e. The number of carbonyl (C=O) groups excluding carboxylic acids is 1. The van der Waals surface area contributed by atoms with Gasteiger partial charge in [0.2, 0.25) is 5.91 Å². The van der Waals surface area contributed by atoms with Crippen LogP contribution in [0.2, 0.25) is 0 Å². The van der Waals surface area contributed by atoms with Crippen molar-refractivity contribution in [3.63, 3.8) is 0 Å². The molecule has 0 aliphatic carbocycles. The molecule has 1 N–H and O–H groups in total. The Kier molecular flexibility index (Phi) is 4.96. The highest BCUT2D eigenvalue weighted by atomic mass is 32.2. The number of fused-ring (bicyclic) bond motifs is 1. The normalized spacial score (nSPS) is 17.3. The predicted octanol–water partition coefficient (Wildman–Crippen LogP) is 3.23. The summed E-state index contributed by atoms with van der Waals surface area (Å²) in [7, 11) is 0. The van der Waals surface area contributed by atoms with Crippen LogP contribution in [0.1, 0.15) is 32.6 Å². The van der Waals surface area contributed by atoms with E-state index in [1.54, 1.807) is 11.8 Å². The standard InChI is InChI=1S/C14H18N2O2S/c1-2-3-8-13(17)15-10-9-14-16(18)11-6-4-5-7-12(11)19-14/h4-7,14H,2-3,8-10H2,1H3/p+1. The highest BCUT2D eigenvalue weighted by Gasteiger charge is 2.38. The molecular formula is C14H19N2O2S+. The molecule has 0 radical (unpaired) electrons. The maximum atomic E-state index is 12.0. The molecule has 5 heteroatoms. The van der Waals surface area contributed by atoms with Crippen LogP contribution in [0.5, 0.6) is 0 Å². The third-order valence-corrected chi connectivity index (χ3v) is 4.40. The van der Waals surface area contributed by atoms with Crippen molar-refractivity contribution in [2.45, 2.75) is 42.9 Å². The number of nitroso groups, excluding NO2 is 1. The van der Waals surface area contributed by atoms with E-state index in [4.69, 9.17) is 0 Å². The topological polar surface area (TPSA) is 49.2 Å². The quantitative estimate of drug-likeness (QED) is 0.813. The van der Waals surface area contributed by atoms with Crippen LogP contribution in [0, 0.1) is 4.91 Å². The maximum absolute atomic E-state index is 12.0. The lowest BCUT2D eigenvalue weighted by Crippen LogP contribution is -2.27. The van der Waals surface area contributed by atoms with Gasteiger partial charge in [-0.1, -0.05) is 25.5 Å². The van der Waals surface area contributed by atoms with Crippen molar-refractivity contribution in [3.05, 3.63) is 29.2 Å². The van der Waals surface area contributed by atoms with Crippen LogP contribution in [0.4, 0.5) is 5.69 Å². The Morgan fingerprint density at radius 3 is 2.95 bits per heavy atom. The third kappa shape index (κ3) is 3.56. The second kappa shape index (κ2) is 6.70. The van der Waals surface area contributed by atoms with E-state index in [1.807, 2.05) is 24.3 Å². The van der Waals surface area contributed by atoms with E-state index in [9.17, 15) is 9.70 Å². The maximum Gasteiger partial charge on any atom is 0.271 e. The van der Waals surface area contributed by atoms with Crippen LogP contribution in [0.15, 0.2) is 29.2 Å². The fourth-order valence-corrected chi connectivity index (χ4v) is 3.20. The number of carbonyl (C=O) groups is 1. The van der Waals surface area contributed by atoms with Crippen molar-refractivity contribution in [2.75, 3.05) is 6.54 Å². The molecule has 0 aromatic heterocycles. The first kappa shape index (κ1) is 14.1. The molecule has 1 aliphatic heterocycles. The average molecular weight is 279 g/mol. The number of thioether (sulfide) groups is 1. The Labute approximate surface area is 117 Å². The molecule has 102 valence electrons. The summed E-state index contributed by atoms with van der Waals surface area (Å²) in [6, 6.07) is 7.62. The lowest BCUT2D eigenvalue weighted by molar-refractivity contribution is -0.476. The van der Waals surface area contributed by atoms with Gasteiger partial charge in [0.05, 0.1) is 9.66 Å². The highest BCUT2D eigenvalue weighted by Crippen LogP contribution is 2.42. The number of nitrogens with zero attached hydrogens (tertiary/aromatic N) is 1. The molecule has 1 aromatic carbocycles. The highest BCUT2D eigenvalue weighted by molar-refractivity contribution is 8.00. The Hall–Kier alpha value is -1.36. The Morgan fingerprint density at radius 2 is 2.21 bits per heavy atom. The summed E-state index contributed by atoms with van der Waals surface area (Å²) >= 11 is 1.58. The summed E-state index contributed by atoms with van der Waals surface area (Å²) in [6.45, 7) is 2.63. The van der Waals surface area contributed by atoms with Gasteiger partial charge < -0.3 is 5.32 Å².